The summed E-state index contributed by atoms with van der Waals surface area (Å²) in [6.45, 7) is 0.441. The van der Waals surface area contributed by atoms with Gasteiger partial charge in [0, 0.05) is 14.9 Å². The standard InChI is InChI=1S/C28H23Br4N3O2/c29-20-8-6-17(7-9-20)16-37-26-23(31)12-18(13-24(26)32)15-33-35-27(19-4-2-1-3-5-19)34-25-11-10-21(30)14-22(25)28(35)36/h6-15,19H,1-5,16H2. The number of hydrogen-bond donors (Lipinski definition) is 0. The van der Waals surface area contributed by atoms with Gasteiger partial charge < -0.3 is 4.74 Å². The second-order valence-electron chi connectivity index (χ2n) is 9.06. The summed E-state index contributed by atoms with van der Waals surface area (Å²) in [6, 6.07) is 17.5. The van der Waals surface area contributed by atoms with Gasteiger partial charge in [-0.3, -0.25) is 4.79 Å². The maximum Gasteiger partial charge on any atom is 0.282 e. The first-order valence-electron chi connectivity index (χ1n) is 12.0. The first-order valence-corrected chi connectivity index (χ1v) is 15.2. The quantitative estimate of drug-likeness (QED) is 0.185. The predicted molar refractivity (Wildman–Crippen MR) is 163 cm³/mol. The van der Waals surface area contributed by atoms with Crippen molar-refractivity contribution in [3.05, 3.63) is 99.8 Å². The Morgan fingerprint density at radius 1 is 0.919 bits per heavy atom. The molecule has 1 heterocycles. The lowest BCUT2D eigenvalue weighted by Crippen LogP contribution is -2.25. The lowest BCUT2D eigenvalue weighted by molar-refractivity contribution is 0.302. The molecule has 1 saturated carbocycles. The summed E-state index contributed by atoms with van der Waals surface area (Å²) in [4.78, 5) is 18.4. The molecule has 1 aliphatic carbocycles. The molecule has 0 saturated heterocycles. The number of halogens is 4. The van der Waals surface area contributed by atoms with Crippen LogP contribution in [0.25, 0.3) is 10.9 Å². The molecule has 1 aliphatic rings. The lowest BCUT2D eigenvalue weighted by Gasteiger charge is -2.22. The number of hydrogen-bond acceptors (Lipinski definition) is 4. The summed E-state index contributed by atoms with van der Waals surface area (Å²) < 4.78 is 11.0. The summed E-state index contributed by atoms with van der Waals surface area (Å²) >= 11 is 14.2. The van der Waals surface area contributed by atoms with Crippen LogP contribution in [0.5, 0.6) is 5.75 Å². The van der Waals surface area contributed by atoms with Gasteiger partial charge in [0.1, 0.15) is 18.2 Å². The van der Waals surface area contributed by atoms with Crippen LogP contribution < -0.4 is 10.3 Å². The Labute approximate surface area is 248 Å². The maximum absolute atomic E-state index is 13.5. The van der Waals surface area contributed by atoms with E-state index in [0.29, 0.717) is 23.3 Å². The third-order valence-electron chi connectivity index (χ3n) is 6.44. The minimum absolute atomic E-state index is 0.157. The molecular weight excluding hydrogens is 730 g/mol. The predicted octanol–water partition coefficient (Wildman–Crippen LogP) is 8.96. The molecule has 37 heavy (non-hydrogen) atoms. The van der Waals surface area contributed by atoms with Gasteiger partial charge in [-0.2, -0.15) is 9.78 Å². The van der Waals surface area contributed by atoms with E-state index < -0.39 is 0 Å². The van der Waals surface area contributed by atoms with E-state index in [1.807, 2.05) is 54.6 Å². The van der Waals surface area contributed by atoms with E-state index in [2.05, 4.69) is 68.8 Å². The second-order valence-corrected chi connectivity index (χ2v) is 12.6. The molecule has 0 spiro atoms. The van der Waals surface area contributed by atoms with Gasteiger partial charge in [0.25, 0.3) is 5.56 Å². The summed E-state index contributed by atoms with van der Waals surface area (Å²) in [5.41, 5.74) is 2.44. The van der Waals surface area contributed by atoms with Crippen molar-refractivity contribution < 1.29 is 4.74 Å². The molecule has 5 rings (SSSR count). The Kier molecular flexibility index (Phi) is 8.63. The number of rotatable bonds is 6. The fraction of sp³-hybridized carbons (Fsp3) is 0.250. The first kappa shape index (κ1) is 26.8. The smallest absolute Gasteiger partial charge is 0.282 e. The molecule has 0 aliphatic heterocycles. The monoisotopic (exact) mass is 749 g/mol. The Balaban J connectivity index is 1.47. The van der Waals surface area contributed by atoms with Crippen LogP contribution in [-0.4, -0.2) is 15.9 Å². The Hall–Kier alpha value is -1.81. The van der Waals surface area contributed by atoms with E-state index in [-0.39, 0.29) is 11.5 Å². The van der Waals surface area contributed by atoms with Crippen molar-refractivity contribution >= 4 is 80.8 Å². The second kappa shape index (κ2) is 11.9. The summed E-state index contributed by atoms with van der Waals surface area (Å²) in [5, 5.41) is 5.21. The number of nitrogens with zero attached hydrogens (tertiary/aromatic N) is 3. The van der Waals surface area contributed by atoms with Gasteiger partial charge in [-0.15, -0.1) is 0 Å². The highest BCUT2D eigenvalue weighted by molar-refractivity contribution is 9.11. The summed E-state index contributed by atoms with van der Waals surface area (Å²) in [5.74, 6) is 1.67. The van der Waals surface area contributed by atoms with Crippen LogP contribution in [-0.2, 0) is 6.61 Å². The summed E-state index contributed by atoms with van der Waals surface area (Å²) in [6.07, 6.45) is 7.25. The Bertz CT molecular complexity index is 1500. The molecule has 0 radical (unpaired) electrons. The number of fused-ring (bicyclic) bond motifs is 1. The van der Waals surface area contributed by atoms with Crippen molar-refractivity contribution in [3.63, 3.8) is 0 Å². The van der Waals surface area contributed by atoms with Crippen molar-refractivity contribution in [3.8, 4) is 5.75 Å². The molecule has 0 bridgehead atoms. The van der Waals surface area contributed by atoms with Crippen molar-refractivity contribution in [1.82, 2.24) is 9.66 Å². The van der Waals surface area contributed by atoms with E-state index in [1.54, 1.807) is 6.21 Å². The van der Waals surface area contributed by atoms with Crippen molar-refractivity contribution in [1.29, 1.82) is 0 Å². The van der Waals surface area contributed by atoms with Crippen molar-refractivity contribution in [2.45, 2.75) is 44.6 Å². The molecular formula is C28H23Br4N3O2. The Morgan fingerprint density at radius 2 is 1.59 bits per heavy atom. The zero-order valence-corrected chi connectivity index (χ0v) is 26.1. The highest BCUT2D eigenvalue weighted by Crippen LogP contribution is 2.35. The molecule has 3 aromatic carbocycles. The van der Waals surface area contributed by atoms with Crippen LogP contribution in [0.15, 0.2) is 82.4 Å². The average molecular weight is 753 g/mol. The average Bonchev–Trinajstić information content (AvgIpc) is 2.89. The zero-order valence-electron chi connectivity index (χ0n) is 19.8. The molecule has 1 fully saturated rings. The first-order chi connectivity index (χ1) is 17.9. The number of ether oxygens (including phenoxy) is 1. The number of aromatic nitrogens is 2. The van der Waals surface area contributed by atoms with Gasteiger partial charge >= 0.3 is 0 Å². The molecule has 0 unspecified atom stereocenters. The third-order valence-corrected chi connectivity index (χ3v) is 8.64. The highest BCUT2D eigenvalue weighted by atomic mass is 79.9. The lowest BCUT2D eigenvalue weighted by atomic mass is 9.88. The van der Waals surface area contributed by atoms with Gasteiger partial charge in [-0.25, -0.2) is 4.98 Å². The fourth-order valence-electron chi connectivity index (χ4n) is 4.56. The van der Waals surface area contributed by atoms with E-state index in [4.69, 9.17) is 9.72 Å². The van der Waals surface area contributed by atoms with Gasteiger partial charge in [0.15, 0.2) is 0 Å². The largest absolute Gasteiger partial charge is 0.487 e. The highest BCUT2D eigenvalue weighted by Gasteiger charge is 2.22. The molecule has 0 amide bonds. The van der Waals surface area contributed by atoms with Gasteiger partial charge in [-0.05, 0) is 98.3 Å². The van der Waals surface area contributed by atoms with Crippen LogP contribution >= 0.6 is 63.7 Å². The van der Waals surface area contributed by atoms with Crippen LogP contribution in [0, 0.1) is 0 Å². The molecule has 4 aromatic rings. The van der Waals surface area contributed by atoms with Crippen LogP contribution in [0.2, 0.25) is 0 Å². The van der Waals surface area contributed by atoms with Gasteiger partial charge in [0.2, 0.25) is 0 Å². The molecule has 0 atom stereocenters. The number of benzene rings is 3. The fourth-order valence-corrected chi connectivity index (χ4v) is 6.63. The SMILES string of the molecule is O=c1c2cc(Br)ccc2nc(C2CCCCC2)n1N=Cc1cc(Br)c(OCc2ccc(Br)cc2)c(Br)c1. The minimum atomic E-state index is -0.157. The molecule has 1 aromatic heterocycles. The van der Waals surface area contributed by atoms with E-state index >= 15 is 0 Å². The summed E-state index contributed by atoms with van der Waals surface area (Å²) in [7, 11) is 0. The zero-order chi connectivity index (χ0) is 25.9. The normalized spacial score (nSPS) is 14.5. The molecule has 0 N–H and O–H groups in total. The van der Waals surface area contributed by atoms with Crippen LogP contribution in [0.1, 0.15) is 55.0 Å². The van der Waals surface area contributed by atoms with Crippen molar-refractivity contribution in [2.24, 2.45) is 5.10 Å². The maximum atomic E-state index is 13.5. The van der Waals surface area contributed by atoms with Gasteiger partial charge in [0.05, 0.1) is 26.1 Å². The minimum Gasteiger partial charge on any atom is -0.487 e. The van der Waals surface area contributed by atoms with E-state index in [1.165, 1.54) is 11.1 Å². The topological polar surface area (TPSA) is 56.5 Å². The van der Waals surface area contributed by atoms with Gasteiger partial charge in [-0.1, -0.05) is 63.3 Å². The third kappa shape index (κ3) is 6.27. The molecule has 5 nitrogen and oxygen atoms in total. The van der Waals surface area contributed by atoms with Crippen molar-refractivity contribution in [2.75, 3.05) is 0 Å². The van der Waals surface area contributed by atoms with Crippen LogP contribution in [0.4, 0.5) is 0 Å². The Morgan fingerprint density at radius 3 is 2.30 bits per heavy atom. The van der Waals surface area contributed by atoms with Crippen LogP contribution in [0.3, 0.4) is 0 Å². The molecule has 9 heteroatoms. The van der Waals surface area contributed by atoms with E-state index in [0.717, 1.165) is 60.5 Å². The van der Waals surface area contributed by atoms with E-state index in [9.17, 15) is 4.79 Å². The molecule has 190 valence electrons.